The van der Waals surface area contributed by atoms with Gasteiger partial charge in [0.2, 0.25) is 18.3 Å². The lowest BCUT2D eigenvalue weighted by Gasteiger charge is -2.39. The van der Waals surface area contributed by atoms with Gasteiger partial charge in [-0.25, -0.2) is 0 Å². The number of piperazine rings is 1. The number of halogens is 1. The van der Waals surface area contributed by atoms with Crippen LogP contribution in [0.25, 0.3) is 0 Å². The van der Waals surface area contributed by atoms with Gasteiger partial charge in [-0.1, -0.05) is 23.7 Å². The molecular weight excluding hydrogens is 438 g/mol. The Hall–Kier alpha value is -3.16. The molecule has 1 N–H and O–H groups in total. The smallest absolute Gasteiger partial charge is 0.227 e. The minimum atomic E-state index is 0.0183. The number of hydrogen-bond acceptors (Lipinski definition) is 5. The molecule has 8 heteroatoms. The summed E-state index contributed by atoms with van der Waals surface area (Å²) in [6, 6.07) is 13.8. The summed E-state index contributed by atoms with van der Waals surface area (Å²) in [6.07, 6.45) is 5.28. The van der Waals surface area contributed by atoms with Crippen LogP contribution in [0.15, 0.2) is 61.1 Å². The summed E-state index contributed by atoms with van der Waals surface area (Å²) < 4.78 is 0.980. The normalized spacial score (nSPS) is 18.4. The molecule has 1 saturated heterocycles. The Balaban J connectivity index is 1.37. The average molecular weight is 465 g/mol. The molecule has 1 fully saturated rings. The standard InChI is InChI=1S/C25H27ClN5O2/c1-28-17-19-3-2-8-27-24(19)25(21-5-4-20(26)16-22(21)28)30-13-11-29(12-14-30)23(32)15-18-6-9-31(33)10-7-18/h2-10,16,25,33H,11-15,17H2,1H3/q+1. The highest BCUT2D eigenvalue weighted by molar-refractivity contribution is 6.30. The number of fused-ring (bicyclic) bond motifs is 2. The number of amides is 1. The zero-order valence-corrected chi connectivity index (χ0v) is 19.3. The maximum atomic E-state index is 12.9. The summed E-state index contributed by atoms with van der Waals surface area (Å²) in [5, 5.41) is 10.1. The first-order valence-corrected chi connectivity index (χ1v) is 11.5. The first kappa shape index (κ1) is 21.7. The maximum Gasteiger partial charge on any atom is 0.227 e. The van der Waals surface area contributed by atoms with Crippen LogP contribution in [0.1, 0.15) is 28.4 Å². The highest BCUT2D eigenvalue weighted by Crippen LogP contribution is 2.40. The zero-order chi connectivity index (χ0) is 22.9. The average Bonchev–Trinajstić information content (AvgIpc) is 2.94. The number of pyridine rings is 2. The molecule has 0 saturated carbocycles. The Bertz CT molecular complexity index is 1160. The first-order chi connectivity index (χ1) is 16.0. The number of anilines is 1. The molecule has 2 aromatic heterocycles. The van der Waals surface area contributed by atoms with Gasteiger partial charge in [0.15, 0.2) is 0 Å². The monoisotopic (exact) mass is 464 g/mol. The topological polar surface area (TPSA) is 63.8 Å². The number of nitrogens with zero attached hydrogens (tertiary/aromatic N) is 5. The van der Waals surface area contributed by atoms with Crippen molar-refractivity contribution < 1.29 is 14.7 Å². The lowest BCUT2D eigenvalue weighted by Crippen LogP contribution is -2.50. The van der Waals surface area contributed by atoms with Crippen molar-refractivity contribution in [2.75, 3.05) is 38.1 Å². The van der Waals surface area contributed by atoms with Crippen molar-refractivity contribution in [1.29, 1.82) is 0 Å². The number of aromatic nitrogens is 2. The van der Waals surface area contributed by atoms with E-state index < -0.39 is 0 Å². The van der Waals surface area contributed by atoms with Gasteiger partial charge in [0, 0.05) is 73.5 Å². The fourth-order valence-electron chi connectivity index (χ4n) is 4.85. The largest absolute Gasteiger partial charge is 0.370 e. The summed E-state index contributed by atoms with van der Waals surface area (Å²) >= 11 is 6.35. The minimum absolute atomic E-state index is 0.0183. The predicted octanol–water partition coefficient (Wildman–Crippen LogP) is 2.69. The molecule has 3 aromatic rings. The number of carbonyl (C=O) groups excluding carboxylic acids is 1. The minimum Gasteiger partial charge on any atom is -0.370 e. The van der Waals surface area contributed by atoms with Gasteiger partial charge in [-0.05, 0) is 34.9 Å². The molecule has 7 nitrogen and oxygen atoms in total. The molecule has 5 rings (SSSR count). The molecule has 1 unspecified atom stereocenters. The van der Waals surface area contributed by atoms with Crippen LogP contribution in [-0.2, 0) is 17.8 Å². The van der Waals surface area contributed by atoms with Crippen LogP contribution in [-0.4, -0.2) is 59.1 Å². The summed E-state index contributed by atoms with van der Waals surface area (Å²) in [4.78, 5) is 24.3. The molecule has 0 aliphatic carbocycles. The molecule has 2 aliphatic rings. The fourth-order valence-corrected chi connectivity index (χ4v) is 5.02. The van der Waals surface area contributed by atoms with Crippen LogP contribution >= 0.6 is 11.6 Å². The van der Waals surface area contributed by atoms with Gasteiger partial charge in [0.1, 0.15) is 0 Å². The lowest BCUT2D eigenvalue weighted by molar-refractivity contribution is -0.904. The molecule has 4 heterocycles. The summed E-state index contributed by atoms with van der Waals surface area (Å²) in [5.74, 6) is 0.108. The van der Waals surface area contributed by atoms with Gasteiger partial charge in [0.05, 0.1) is 18.2 Å². The SMILES string of the molecule is CN1Cc2cccnc2C(N2CCN(C(=O)Cc3cc[n+](O)cc3)CC2)c2ccc(Cl)cc21. The van der Waals surface area contributed by atoms with Gasteiger partial charge in [-0.15, -0.1) is 0 Å². The second-order valence-corrected chi connectivity index (χ2v) is 9.13. The summed E-state index contributed by atoms with van der Waals surface area (Å²) in [6.45, 7) is 3.65. The van der Waals surface area contributed by atoms with E-state index >= 15 is 0 Å². The third-order valence-electron chi connectivity index (χ3n) is 6.56. The summed E-state index contributed by atoms with van der Waals surface area (Å²) in [5.41, 5.74) is 5.49. The Morgan fingerprint density at radius 3 is 2.67 bits per heavy atom. The molecular formula is C25H27ClN5O2+. The zero-order valence-electron chi connectivity index (χ0n) is 18.6. The summed E-state index contributed by atoms with van der Waals surface area (Å²) in [7, 11) is 2.09. The van der Waals surface area contributed by atoms with E-state index in [2.05, 4.69) is 29.0 Å². The van der Waals surface area contributed by atoms with Gasteiger partial charge < -0.3 is 9.80 Å². The Kier molecular flexibility index (Phi) is 5.91. The van der Waals surface area contributed by atoms with E-state index in [0.29, 0.717) is 19.5 Å². The van der Waals surface area contributed by atoms with Crippen molar-refractivity contribution in [3.8, 4) is 0 Å². The molecule has 1 aromatic carbocycles. The first-order valence-electron chi connectivity index (χ1n) is 11.2. The molecule has 33 heavy (non-hydrogen) atoms. The van der Waals surface area contributed by atoms with Crippen molar-refractivity contribution in [2.45, 2.75) is 19.0 Å². The molecule has 2 aliphatic heterocycles. The van der Waals surface area contributed by atoms with Gasteiger partial charge in [-0.3, -0.25) is 19.9 Å². The van der Waals surface area contributed by atoms with Crippen molar-refractivity contribution in [3.63, 3.8) is 0 Å². The second-order valence-electron chi connectivity index (χ2n) is 8.69. The van der Waals surface area contributed by atoms with Crippen molar-refractivity contribution >= 4 is 23.2 Å². The van der Waals surface area contributed by atoms with Crippen molar-refractivity contribution in [1.82, 2.24) is 14.8 Å². The highest BCUT2D eigenvalue weighted by Gasteiger charge is 2.34. The van der Waals surface area contributed by atoms with Crippen LogP contribution in [0.5, 0.6) is 0 Å². The molecule has 170 valence electrons. The number of hydrogen-bond donors (Lipinski definition) is 1. The van der Waals surface area contributed by atoms with E-state index in [1.54, 1.807) is 12.1 Å². The van der Waals surface area contributed by atoms with Crippen molar-refractivity contribution in [3.05, 3.63) is 88.5 Å². The number of rotatable bonds is 3. The Morgan fingerprint density at radius 2 is 1.91 bits per heavy atom. The molecule has 1 atom stereocenters. The van der Waals surface area contributed by atoms with E-state index in [-0.39, 0.29) is 11.9 Å². The van der Waals surface area contributed by atoms with Crippen LogP contribution in [0.3, 0.4) is 0 Å². The van der Waals surface area contributed by atoms with Crippen LogP contribution < -0.4 is 9.63 Å². The van der Waals surface area contributed by atoms with Crippen LogP contribution in [0.2, 0.25) is 5.02 Å². The van der Waals surface area contributed by atoms with Crippen LogP contribution in [0.4, 0.5) is 5.69 Å². The Morgan fingerprint density at radius 1 is 1.15 bits per heavy atom. The van der Waals surface area contributed by atoms with E-state index in [4.69, 9.17) is 16.6 Å². The van der Waals surface area contributed by atoms with E-state index in [0.717, 1.165) is 46.3 Å². The molecule has 1 amide bonds. The molecule has 0 bridgehead atoms. The third kappa shape index (κ3) is 4.38. The molecule has 0 radical (unpaired) electrons. The van der Waals surface area contributed by atoms with E-state index in [1.807, 2.05) is 29.3 Å². The van der Waals surface area contributed by atoms with Crippen LogP contribution in [0, 0.1) is 0 Å². The lowest BCUT2D eigenvalue weighted by atomic mass is 9.97. The quantitative estimate of drug-likeness (QED) is 0.477. The third-order valence-corrected chi connectivity index (χ3v) is 6.80. The predicted molar refractivity (Wildman–Crippen MR) is 125 cm³/mol. The number of benzene rings is 1. The highest BCUT2D eigenvalue weighted by atomic mass is 35.5. The second kappa shape index (κ2) is 9.00. The van der Waals surface area contributed by atoms with E-state index in [9.17, 15) is 10.0 Å². The Labute approximate surface area is 198 Å². The number of carbonyl (C=O) groups is 1. The van der Waals surface area contributed by atoms with Gasteiger partial charge >= 0.3 is 0 Å². The fraction of sp³-hybridized carbons (Fsp3) is 0.320. The maximum absolute atomic E-state index is 12.9. The van der Waals surface area contributed by atoms with Crippen molar-refractivity contribution in [2.24, 2.45) is 0 Å². The van der Waals surface area contributed by atoms with E-state index in [1.165, 1.54) is 23.5 Å². The van der Waals surface area contributed by atoms with Gasteiger partial charge in [0.25, 0.3) is 0 Å². The molecule has 0 spiro atoms. The van der Waals surface area contributed by atoms with Gasteiger partial charge in [-0.2, -0.15) is 0 Å².